The van der Waals surface area contributed by atoms with Crippen LogP contribution in [0.4, 0.5) is 0 Å². The molecule has 0 saturated carbocycles. The molecular formula is C19H38O4. The molecule has 23 heavy (non-hydrogen) atoms. The van der Waals surface area contributed by atoms with Gasteiger partial charge in [0.25, 0.3) is 0 Å². The second-order valence-corrected chi connectivity index (χ2v) is 6.65. The van der Waals surface area contributed by atoms with E-state index in [0.717, 1.165) is 19.3 Å². The first-order chi connectivity index (χ1) is 11.1. The van der Waals surface area contributed by atoms with Crippen molar-refractivity contribution < 1.29 is 20.1 Å². The molecule has 0 aliphatic carbocycles. The lowest BCUT2D eigenvalue weighted by atomic mass is 10.0. The molecule has 138 valence electrons. The fourth-order valence-electron chi connectivity index (χ4n) is 2.78. The normalized spacial score (nSPS) is 13.9. The summed E-state index contributed by atoms with van der Waals surface area (Å²) in [4.78, 5) is 11.5. The van der Waals surface area contributed by atoms with Crippen LogP contribution >= 0.6 is 0 Å². The van der Waals surface area contributed by atoms with Crippen molar-refractivity contribution >= 4 is 5.78 Å². The predicted octanol–water partition coefficient (Wildman–Crippen LogP) is 3.75. The summed E-state index contributed by atoms with van der Waals surface area (Å²) < 4.78 is 0. The first kappa shape index (κ1) is 22.6. The van der Waals surface area contributed by atoms with Crippen LogP contribution in [0.1, 0.15) is 96.8 Å². The molecule has 0 fully saturated rings. The van der Waals surface area contributed by atoms with Gasteiger partial charge in [0.1, 0.15) is 12.2 Å². The minimum Gasteiger partial charge on any atom is -0.394 e. The highest BCUT2D eigenvalue weighted by Crippen LogP contribution is 2.13. The molecule has 0 rings (SSSR count). The molecule has 0 aliphatic rings. The SMILES string of the molecule is CCCCCCCCCCCCCCCC(=O)C(O)C(O)CO. The molecule has 0 radical (unpaired) electrons. The van der Waals surface area contributed by atoms with E-state index in [-0.39, 0.29) is 12.2 Å². The van der Waals surface area contributed by atoms with Crippen LogP contribution in [-0.4, -0.2) is 39.9 Å². The second kappa shape index (κ2) is 16.4. The highest BCUT2D eigenvalue weighted by molar-refractivity contribution is 5.83. The summed E-state index contributed by atoms with van der Waals surface area (Å²) in [6, 6.07) is 0. The van der Waals surface area contributed by atoms with Crippen molar-refractivity contribution in [3.63, 3.8) is 0 Å². The maximum absolute atomic E-state index is 11.5. The Labute approximate surface area is 142 Å². The molecule has 0 spiro atoms. The van der Waals surface area contributed by atoms with E-state index < -0.39 is 18.8 Å². The molecule has 0 aliphatic heterocycles. The average Bonchev–Trinajstić information content (AvgIpc) is 2.57. The van der Waals surface area contributed by atoms with Crippen molar-refractivity contribution in [3.8, 4) is 0 Å². The minimum absolute atomic E-state index is 0.288. The van der Waals surface area contributed by atoms with Gasteiger partial charge < -0.3 is 15.3 Å². The van der Waals surface area contributed by atoms with E-state index in [1.165, 1.54) is 64.2 Å². The smallest absolute Gasteiger partial charge is 0.164 e. The number of unbranched alkanes of at least 4 members (excludes halogenated alkanes) is 12. The predicted molar refractivity (Wildman–Crippen MR) is 94.4 cm³/mol. The number of aliphatic hydroxyl groups is 3. The summed E-state index contributed by atoms with van der Waals surface area (Å²) in [7, 11) is 0. The van der Waals surface area contributed by atoms with Gasteiger partial charge >= 0.3 is 0 Å². The number of carbonyl (C=O) groups is 1. The van der Waals surface area contributed by atoms with Gasteiger partial charge in [0.2, 0.25) is 0 Å². The van der Waals surface area contributed by atoms with Crippen LogP contribution in [0.5, 0.6) is 0 Å². The summed E-state index contributed by atoms with van der Waals surface area (Å²) >= 11 is 0. The van der Waals surface area contributed by atoms with Gasteiger partial charge in [-0.2, -0.15) is 0 Å². The molecular weight excluding hydrogens is 292 g/mol. The first-order valence-corrected chi connectivity index (χ1v) is 9.63. The number of Topliss-reactive ketones (excluding diaryl/α,β-unsaturated/α-hetero) is 1. The van der Waals surface area contributed by atoms with Crippen molar-refractivity contribution in [1.29, 1.82) is 0 Å². The van der Waals surface area contributed by atoms with Gasteiger partial charge in [-0.25, -0.2) is 0 Å². The van der Waals surface area contributed by atoms with Gasteiger partial charge in [-0.1, -0.05) is 84.0 Å². The van der Waals surface area contributed by atoms with Crippen LogP contribution in [0.15, 0.2) is 0 Å². The van der Waals surface area contributed by atoms with Gasteiger partial charge in [-0.05, 0) is 6.42 Å². The zero-order valence-corrected chi connectivity index (χ0v) is 15.0. The second-order valence-electron chi connectivity index (χ2n) is 6.65. The van der Waals surface area contributed by atoms with Gasteiger partial charge in [0.15, 0.2) is 5.78 Å². The van der Waals surface area contributed by atoms with E-state index in [2.05, 4.69) is 6.92 Å². The highest BCUT2D eigenvalue weighted by Gasteiger charge is 2.22. The van der Waals surface area contributed by atoms with Crippen molar-refractivity contribution in [3.05, 3.63) is 0 Å². The lowest BCUT2D eigenvalue weighted by Gasteiger charge is -2.13. The fourth-order valence-corrected chi connectivity index (χ4v) is 2.78. The molecule has 0 heterocycles. The molecule has 0 aromatic heterocycles. The number of ketones is 1. The van der Waals surface area contributed by atoms with Crippen molar-refractivity contribution in [2.24, 2.45) is 0 Å². The summed E-state index contributed by atoms with van der Waals surface area (Å²) in [5.74, 6) is -0.366. The van der Waals surface area contributed by atoms with Crippen LogP contribution in [0.25, 0.3) is 0 Å². The van der Waals surface area contributed by atoms with E-state index in [4.69, 9.17) is 5.11 Å². The average molecular weight is 331 g/mol. The van der Waals surface area contributed by atoms with Gasteiger partial charge in [-0.3, -0.25) is 4.79 Å². The Morgan fingerprint density at radius 2 is 1.13 bits per heavy atom. The largest absolute Gasteiger partial charge is 0.394 e. The molecule has 4 heteroatoms. The zero-order valence-electron chi connectivity index (χ0n) is 15.0. The lowest BCUT2D eigenvalue weighted by molar-refractivity contribution is -0.134. The van der Waals surface area contributed by atoms with Gasteiger partial charge in [0.05, 0.1) is 6.61 Å². The van der Waals surface area contributed by atoms with Crippen LogP contribution in [0.3, 0.4) is 0 Å². The molecule has 2 unspecified atom stereocenters. The van der Waals surface area contributed by atoms with Gasteiger partial charge in [-0.15, -0.1) is 0 Å². The third-order valence-electron chi connectivity index (χ3n) is 4.41. The van der Waals surface area contributed by atoms with Crippen molar-refractivity contribution in [1.82, 2.24) is 0 Å². The highest BCUT2D eigenvalue weighted by atomic mass is 16.4. The third-order valence-corrected chi connectivity index (χ3v) is 4.41. The van der Waals surface area contributed by atoms with E-state index in [1.807, 2.05) is 0 Å². The molecule has 0 bridgehead atoms. The molecule has 3 N–H and O–H groups in total. The summed E-state index contributed by atoms with van der Waals surface area (Å²) in [5, 5.41) is 27.3. The Hall–Kier alpha value is -0.450. The van der Waals surface area contributed by atoms with E-state index in [1.54, 1.807) is 0 Å². The maximum atomic E-state index is 11.5. The molecule has 0 aromatic rings. The van der Waals surface area contributed by atoms with Gasteiger partial charge in [0, 0.05) is 6.42 Å². The van der Waals surface area contributed by atoms with E-state index in [9.17, 15) is 15.0 Å². The summed E-state index contributed by atoms with van der Waals surface area (Å²) in [5.41, 5.74) is 0. The van der Waals surface area contributed by atoms with E-state index >= 15 is 0 Å². The topological polar surface area (TPSA) is 77.8 Å². The number of hydrogen-bond donors (Lipinski definition) is 3. The Balaban J connectivity index is 3.26. The van der Waals surface area contributed by atoms with Crippen LogP contribution in [0, 0.1) is 0 Å². The maximum Gasteiger partial charge on any atom is 0.164 e. The lowest BCUT2D eigenvalue weighted by Crippen LogP contribution is -2.36. The Morgan fingerprint density at radius 1 is 0.739 bits per heavy atom. The van der Waals surface area contributed by atoms with Crippen LogP contribution in [-0.2, 0) is 4.79 Å². The fraction of sp³-hybridized carbons (Fsp3) is 0.947. The number of carbonyl (C=O) groups excluding carboxylic acids is 1. The Bertz CT molecular complexity index is 268. The molecule has 4 nitrogen and oxygen atoms in total. The molecule has 2 atom stereocenters. The first-order valence-electron chi connectivity index (χ1n) is 9.63. The standard InChI is InChI=1S/C19H38O4/c1-2-3-4-5-6-7-8-9-10-11-12-13-14-15-17(21)19(23)18(22)16-20/h18-20,22-23H,2-16H2,1H3. The molecule has 0 saturated heterocycles. The van der Waals surface area contributed by atoms with Crippen molar-refractivity contribution in [2.45, 2.75) is 109 Å². The van der Waals surface area contributed by atoms with Crippen LogP contribution < -0.4 is 0 Å². The number of rotatable bonds is 17. The third kappa shape index (κ3) is 13.7. The molecule has 0 aromatic carbocycles. The van der Waals surface area contributed by atoms with Crippen molar-refractivity contribution in [2.75, 3.05) is 6.61 Å². The summed E-state index contributed by atoms with van der Waals surface area (Å²) in [6.07, 6.45) is 13.7. The molecule has 0 amide bonds. The number of aliphatic hydroxyl groups excluding tert-OH is 3. The quantitative estimate of drug-likeness (QED) is 0.355. The van der Waals surface area contributed by atoms with Crippen LogP contribution in [0.2, 0.25) is 0 Å². The zero-order chi connectivity index (χ0) is 17.3. The van der Waals surface area contributed by atoms with E-state index in [0.29, 0.717) is 0 Å². The Morgan fingerprint density at radius 3 is 1.52 bits per heavy atom. The minimum atomic E-state index is -1.43. The Kier molecular flexibility index (Phi) is 16.1. The monoisotopic (exact) mass is 330 g/mol. The summed E-state index contributed by atoms with van der Waals surface area (Å²) in [6.45, 7) is 1.67. The number of hydrogen-bond acceptors (Lipinski definition) is 4.